The highest BCUT2D eigenvalue weighted by atomic mass is 16.4. The topological polar surface area (TPSA) is 40.5 Å². The van der Waals surface area contributed by atoms with E-state index in [9.17, 15) is 4.79 Å². The van der Waals surface area contributed by atoms with Crippen molar-refractivity contribution in [3.05, 3.63) is 35.4 Å². The second-order valence-electron chi connectivity index (χ2n) is 4.94. The molecule has 0 spiro atoms. The Morgan fingerprint density at radius 3 is 2.78 bits per heavy atom. The smallest absolute Gasteiger partial charge is 0.304 e. The first kappa shape index (κ1) is 13.1. The number of benzene rings is 1. The van der Waals surface area contributed by atoms with Crippen LogP contribution >= 0.6 is 0 Å². The first-order chi connectivity index (χ1) is 8.70. The molecule has 0 saturated carbocycles. The minimum atomic E-state index is -0.704. The van der Waals surface area contributed by atoms with Crippen LogP contribution in [0.25, 0.3) is 0 Å². The minimum Gasteiger partial charge on any atom is -0.481 e. The molecule has 0 saturated heterocycles. The Balaban J connectivity index is 2.00. The van der Waals surface area contributed by atoms with Crippen molar-refractivity contribution in [1.29, 1.82) is 0 Å². The summed E-state index contributed by atoms with van der Waals surface area (Å²) in [5.41, 5.74) is 2.89. The molecule has 0 aromatic heterocycles. The summed E-state index contributed by atoms with van der Waals surface area (Å²) in [6, 6.07) is 9.10. The van der Waals surface area contributed by atoms with E-state index in [-0.39, 0.29) is 6.42 Å². The van der Waals surface area contributed by atoms with Gasteiger partial charge in [0.2, 0.25) is 0 Å². The van der Waals surface area contributed by atoms with Gasteiger partial charge in [-0.15, -0.1) is 0 Å². The molecular weight excluding hydrogens is 226 g/mol. The Hall–Kier alpha value is -1.35. The van der Waals surface area contributed by atoms with E-state index in [2.05, 4.69) is 36.1 Å². The Morgan fingerprint density at radius 2 is 2.11 bits per heavy atom. The molecule has 18 heavy (non-hydrogen) atoms. The van der Waals surface area contributed by atoms with Crippen molar-refractivity contribution in [2.75, 3.05) is 13.1 Å². The molecule has 1 aliphatic rings. The number of rotatable bonds is 5. The zero-order valence-electron chi connectivity index (χ0n) is 10.9. The third-order valence-corrected chi connectivity index (χ3v) is 3.86. The molecule has 0 radical (unpaired) electrons. The van der Waals surface area contributed by atoms with Gasteiger partial charge in [-0.05, 0) is 36.9 Å². The van der Waals surface area contributed by atoms with Crippen molar-refractivity contribution >= 4 is 5.97 Å². The van der Waals surface area contributed by atoms with E-state index >= 15 is 0 Å². The van der Waals surface area contributed by atoms with Gasteiger partial charge in [-0.2, -0.15) is 0 Å². The second kappa shape index (κ2) is 6.01. The lowest BCUT2D eigenvalue weighted by molar-refractivity contribution is -0.137. The number of likely N-dealkylation sites (N-methyl/N-ethyl adjacent to an activating group) is 1. The van der Waals surface area contributed by atoms with Gasteiger partial charge in [-0.25, -0.2) is 0 Å². The Labute approximate surface area is 108 Å². The van der Waals surface area contributed by atoms with Gasteiger partial charge < -0.3 is 5.11 Å². The molecular formula is C15H21NO2. The quantitative estimate of drug-likeness (QED) is 0.868. The fourth-order valence-electron chi connectivity index (χ4n) is 2.83. The number of nitrogens with zero attached hydrogens (tertiary/aromatic N) is 1. The average molecular weight is 247 g/mol. The lowest BCUT2D eigenvalue weighted by Crippen LogP contribution is -2.40. The lowest BCUT2D eigenvalue weighted by atomic mass is 9.87. The fraction of sp³-hybridized carbons (Fsp3) is 0.533. The predicted octanol–water partition coefficient (Wildman–Crippen LogP) is 2.34. The van der Waals surface area contributed by atoms with Crippen LogP contribution in [0.4, 0.5) is 0 Å². The summed E-state index contributed by atoms with van der Waals surface area (Å²) in [6.45, 7) is 3.71. The number of carboxylic acids is 1. The van der Waals surface area contributed by atoms with Crippen LogP contribution in [0.1, 0.15) is 30.9 Å². The molecule has 3 heteroatoms. The van der Waals surface area contributed by atoms with Gasteiger partial charge in [0.15, 0.2) is 0 Å². The van der Waals surface area contributed by atoms with E-state index in [0.717, 1.165) is 25.8 Å². The minimum absolute atomic E-state index is 0.242. The molecule has 0 heterocycles. The number of fused-ring (bicyclic) bond motifs is 1. The first-order valence-corrected chi connectivity index (χ1v) is 6.73. The third kappa shape index (κ3) is 3.10. The summed E-state index contributed by atoms with van der Waals surface area (Å²) in [5.74, 6) is -0.704. The largest absolute Gasteiger partial charge is 0.481 e. The van der Waals surface area contributed by atoms with Crippen LogP contribution in [0.15, 0.2) is 24.3 Å². The normalized spacial score (nSPS) is 18.7. The highest BCUT2D eigenvalue weighted by Gasteiger charge is 2.23. The average Bonchev–Trinajstić information content (AvgIpc) is 2.39. The monoisotopic (exact) mass is 247 g/mol. The van der Waals surface area contributed by atoms with Crippen molar-refractivity contribution in [3.63, 3.8) is 0 Å². The number of aryl methyl sites for hydroxylation is 1. The first-order valence-electron chi connectivity index (χ1n) is 6.73. The maximum absolute atomic E-state index is 10.7. The van der Waals surface area contributed by atoms with E-state index in [1.165, 1.54) is 11.1 Å². The summed E-state index contributed by atoms with van der Waals surface area (Å²) in [4.78, 5) is 13.0. The standard InChI is InChI=1S/C15H21NO2/c1-2-16(10-9-15(17)18)14-8-7-12-5-3-4-6-13(12)11-14/h3-6,14H,2,7-11H2,1H3,(H,17,18). The Morgan fingerprint density at radius 1 is 1.39 bits per heavy atom. The van der Waals surface area contributed by atoms with Gasteiger partial charge in [0.05, 0.1) is 6.42 Å². The highest BCUT2D eigenvalue weighted by molar-refractivity contribution is 5.66. The van der Waals surface area contributed by atoms with E-state index < -0.39 is 5.97 Å². The van der Waals surface area contributed by atoms with E-state index in [0.29, 0.717) is 12.6 Å². The molecule has 1 aromatic rings. The van der Waals surface area contributed by atoms with Gasteiger partial charge in [-0.1, -0.05) is 31.2 Å². The number of carboxylic acid groups (broad SMARTS) is 1. The van der Waals surface area contributed by atoms with Gasteiger partial charge in [0, 0.05) is 12.6 Å². The lowest BCUT2D eigenvalue weighted by Gasteiger charge is -2.34. The molecule has 0 fully saturated rings. The molecule has 1 unspecified atom stereocenters. The van der Waals surface area contributed by atoms with Crippen LogP contribution in [-0.2, 0) is 17.6 Å². The fourth-order valence-corrected chi connectivity index (χ4v) is 2.83. The van der Waals surface area contributed by atoms with Crippen LogP contribution in [0.3, 0.4) is 0 Å². The SMILES string of the molecule is CCN(CCC(=O)O)C1CCc2ccccc2C1. The van der Waals surface area contributed by atoms with Crippen molar-refractivity contribution in [1.82, 2.24) is 4.90 Å². The zero-order chi connectivity index (χ0) is 13.0. The molecule has 0 aliphatic heterocycles. The maximum atomic E-state index is 10.7. The van der Waals surface area contributed by atoms with Crippen LogP contribution in [0.5, 0.6) is 0 Å². The molecule has 2 rings (SSSR count). The van der Waals surface area contributed by atoms with Gasteiger partial charge >= 0.3 is 5.97 Å². The molecule has 1 aromatic carbocycles. The number of aliphatic carboxylic acids is 1. The van der Waals surface area contributed by atoms with Crippen molar-refractivity contribution in [2.24, 2.45) is 0 Å². The third-order valence-electron chi connectivity index (χ3n) is 3.86. The summed E-state index contributed by atoms with van der Waals surface area (Å²) < 4.78 is 0. The molecule has 0 bridgehead atoms. The van der Waals surface area contributed by atoms with Crippen LogP contribution in [-0.4, -0.2) is 35.1 Å². The number of hydrogen-bond donors (Lipinski definition) is 1. The summed E-state index contributed by atoms with van der Waals surface area (Å²) in [7, 11) is 0. The zero-order valence-corrected chi connectivity index (χ0v) is 10.9. The number of hydrogen-bond acceptors (Lipinski definition) is 2. The van der Waals surface area contributed by atoms with E-state index in [4.69, 9.17) is 5.11 Å². The Kier molecular flexibility index (Phi) is 4.37. The molecule has 1 N–H and O–H groups in total. The van der Waals surface area contributed by atoms with E-state index in [1.54, 1.807) is 0 Å². The van der Waals surface area contributed by atoms with Crippen LogP contribution < -0.4 is 0 Å². The Bertz CT molecular complexity index is 417. The molecule has 1 aliphatic carbocycles. The molecule has 3 nitrogen and oxygen atoms in total. The second-order valence-corrected chi connectivity index (χ2v) is 4.94. The van der Waals surface area contributed by atoms with Crippen molar-refractivity contribution in [2.45, 2.75) is 38.6 Å². The molecule has 1 atom stereocenters. The van der Waals surface area contributed by atoms with Crippen molar-refractivity contribution < 1.29 is 9.90 Å². The maximum Gasteiger partial charge on any atom is 0.304 e. The predicted molar refractivity (Wildman–Crippen MR) is 71.8 cm³/mol. The molecule has 0 amide bonds. The van der Waals surface area contributed by atoms with Gasteiger partial charge in [0.1, 0.15) is 0 Å². The van der Waals surface area contributed by atoms with Crippen LogP contribution in [0.2, 0.25) is 0 Å². The van der Waals surface area contributed by atoms with Crippen LogP contribution in [0, 0.1) is 0 Å². The molecule has 98 valence electrons. The summed E-state index contributed by atoms with van der Waals surface area (Å²) >= 11 is 0. The summed E-state index contributed by atoms with van der Waals surface area (Å²) in [5, 5.41) is 8.79. The summed E-state index contributed by atoms with van der Waals surface area (Å²) in [6.07, 6.45) is 3.56. The van der Waals surface area contributed by atoms with E-state index in [1.807, 2.05) is 0 Å². The van der Waals surface area contributed by atoms with Crippen molar-refractivity contribution in [3.8, 4) is 0 Å². The highest BCUT2D eigenvalue weighted by Crippen LogP contribution is 2.24. The van der Waals surface area contributed by atoms with Gasteiger partial charge in [-0.3, -0.25) is 9.69 Å². The number of carbonyl (C=O) groups is 1. The van der Waals surface area contributed by atoms with Gasteiger partial charge in [0.25, 0.3) is 0 Å².